The number of carbonyl (C=O) groups is 1. The maximum Gasteiger partial charge on any atom is 0.270 e. The summed E-state index contributed by atoms with van der Waals surface area (Å²) in [4.78, 5) is 20.6. The minimum atomic E-state index is -0.0926. The molecule has 0 radical (unpaired) electrons. The minimum Gasteiger partial charge on any atom is -0.508 e. The zero-order valence-electron chi connectivity index (χ0n) is 14.4. The van der Waals surface area contributed by atoms with Crippen LogP contribution in [-0.2, 0) is 0 Å². The molecule has 1 N–H and O–H groups in total. The number of aromatic hydroxyl groups is 1. The van der Waals surface area contributed by atoms with Crippen LogP contribution in [0, 0.1) is 6.92 Å². The van der Waals surface area contributed by atoms with Crippen LogP contribution in [-0.4, -0.2) is 27.4 Å². The Morgan fingerprint density at radius 3 is 2.46 bits per heavy atom. The molecule has 6 heteroatoms. The number of anilines is 1. The van der Waals surface area contributed by atoms with Gasteiger partial charge in [0.15, 0.2) is 4.96 Å². The smallest absolute Gasteiger partial charge is 0.270 e. The first-order valence-corrected chi connectivity index (χ1v) is 8.97. The summed E-state index contributed by atoms with van der Waals surface area (Å²) in [5, 5.41) is 9.41. The third-order valence-corrected chi connectivity index (χ3v) is 5.51. The molecule has 130 valence electrons. The molecule has 0 atom stereocenters. The second kappa shape index (κ2) is 6.31. The number of carbonyl (C=O) groups excluding carboxylic acids is 1. The van der Waals surface area contributed by atoms with Gasteiger partial charge in [0.1, 0.15) is 10.6 Å². The van der Waals surface area contributed by atoms with Gasteiger partial charge in [-0.2, -0.15) is 0 Å². The molecule has 0 aliphatic carbocycles. The molecule has 4 rings (SSSR count). The van der Waals surface area contributed by atoms with Crippen LogP contribution in [0.5, 0.6) is 5.75 Å². The molecule has 2 aromatic heterocycles. The summed E-state index contributed by atoms with van der Waals surface area (Å²) < 4.78 is 1.96. The van der Waals surface area contributed by atoms with Crippen molar-refractivity contribution in [2.75, 3.05) is 11.9 Å². The molecular weight excluding hydrogens is 346 g/mol. The van der Waals surface area contributed by atoms with E-state index in [1.807, 2.05) is 47.9 Å². The van der Waals surface area contributed by atoms with Gasteiger partial charge in [-0.1, -0.05) is 41.7 Å². The molecule has 2 aromatic carbocycles. The van der Waals surface area contributed by atoms with Crippen LogP contribution in [0.1, 0.15) is 15.4 Å². The van der Waals surface area contributed by atoms with Gasteiger partial charge in [-0.3, -0.25) is 9.20 Å². The summed E-state index contributed by atoms with van der Waals surface area (Å²) >= 11 is 1.38. The molecule has 0 aliphatic heterocycles. The van der Waals surface area contributed by atoms with E-state index < -0.39 is 0 Å². The fourth-order valence-corrected chi connectivity index (χ4v) is 3.93. The highest BCUT2D eigenvalue weighted by Gasteiger charge is 2.21. The number of phenols is 1. The summed E-state index contributed by atoms with van der Waals surface area (Å²) in [5.41, 5.74) is 3.54. The van der Waals surface area contributed by atoms with Crippen molar-refractivity contribution in [2.45, 2.75) is 6.92 Å². The van der Waals surface area contributed by atoms with E-state index in [1.54, 1.807) is 36.2 Å². The number of phenolic OH excluding ortho intramolecular Hbond substituents is 1. The molecule has 4 aromatic rings. The van der Waals surface area contributed by atoms with Gasteiger partial charge in [0.05, 0.1) is 5.69 Å². The van der Waals surface area contributed by atoms with Gasteiger partial charge in [0, 0.05) is 30.2 Å². The van der Waals surface area contributed by atoms with E-state index in [2.05, 4.69) is 4.98 Å². The highest BCUT2D eigenvalue weighted by atomic mass is 32.1. The Hall–Kier alpha value is -3.12. The average Bonchev–Trinajstić information content (AvgIpc) is 3.22. The van der Waals surface area contributed by atoms with Crippen LogP contribution in [0.15, 0.2) is 60.8 Å². The molecule has 26 heavy (non-hydrogen) atoms. The van der Waals surface area contributed by atoms with Gasteiger partial charge in [-0.15, -0.1) is 0 Å². The number of benzene rings is 2. The summed E-state index contributed by atoms with van der Waals surface area (Å²) in [6.45, 7) is 1.93. The largest absolute Gasteiger partial charge is 0.508 e. The van der Waals surface area contributed by atoms with Crippen LogP contribution in [0.25, 0.3) is 16.2 Å². The number of aryl methyl sites for hydroxylation is 1. The molecule has 0 fully saturated rings. The molecule has 5 nitrogen and oxygen atoms in total. The van der Waals surface area contributed by atoms with Crippen molar-refractivity contribution in [3.8, 4) is 17.0 Å². The fraction of sp³-hybridized carbons (Fsp3) is 0.100. The fourth-order valence-electron chi connectivity index (χ4n) is 2.84. The Balaban J connectivity index is 1.68. The normalized spacial score (nSPS) is 11.0. The van der Waals surface area contributed by atoms with Gasteiger partial charge in [-0.25, -0.2) is 4.98 Å². The Kier molecular flexibility index (Phi) is 3.97. The lowest BCUT2D eigenvalue weighted by Gasteiger charge is -2.16. The summed E-state index contributed by atoms with van der Waals surface area (Å²) in [6.07, 6.45) is 1.97. The van der Waals surface area contributed by atoms with Crippen LogP contribution in [0.2, 0.25) is 0 Å². The highest BCUT2D eigenvalue weighted by Crippen LogP contribution is 2.29. The second-order valence-corrected chi connectivity index (χ2v) is 7.02. The van der Waals surface area contributed by atoms with Crippen molar-refractivity contribution >= 4 is 27.9 Å². The summed E-state index contributed by atoms with van der Waals surface area (Å²) in [7, 11) is 1.73. The second-order valence-electron chi connectivity index (χ2n) is 6.04. The van der Waals surface area contributed by atoms with Crippen LogP contribution in [0.4, 0.5) is 5.69 Å². The molecule has 0 saturated carbocycles. The standard InChI is InChI=1S/C20H17N3O2S/c1-13-18(19(25)22(2)15-8-10-16(24)11-9-15)26-20-21-17(12-23(13)20)14-6-4-3-5-7-14/h3-12,24H,1-2H3. The van der Waals surface area contributed by atoms with E-state index in [-0.39, 0.29) is 11.7 Å². The molecular formula is C20H17N3O2S. The lowest BCUT2D eigenvalue weighted by molar-refractivity contribution is 0.0996. The van der Waals surface area contributed by atoms with Crippen molar-refractivity contribution in [1.82, 2.24) is 9.38 Å². The van der Waals surface area contributed by atoms with Crippen LogP contribution < -0.4 is 4.90 Å². The van der Waals surface area contributed by atoms with E-state index >= 15 is 0 Å². The predicted octanol–water partition coefficient (Wildman–Crippen LogP) is 4.35. The summed E-state index contributed by atoms with van der Waals surface area (Å²) in [5.74, 6) is 0.0822. The monoisotopic (exact) mass is 363 g/mol. The van der Waals surface area contributed by atoms with Crippen LogP contribution >= 0.6 is 11.3 Å². The molecule has 0 saturated heterocycles. The van der Waals surface area contributed by atoms with Gasteiger partial charge < -0.3 is 10.0 Å². The Labute approximate surface area is 154 Å². The van der Waals surface area contributed by atoms with Gasteiger partial charge in [0.25, 0.3) is 5.91 Å². The lowest BCUT2D eigenvalue weighted by atomic mass is 10.2. The highest BCUT2D eigenvalue weighted by molar-refractivity contribution is 7.19. The van der Waals surface area contributed by atoms with Crippen molar-refractivity contribution < 1.29 is 9.90 Å². The molecule has 0 unspecified atom stereocenters. The topological polar surface area (TPSA) is 57.8 Å². The zero-order valence-corrected chi connectivity index (χ0v) is 15.2. The number of hydrogen-bond donors (Lipinski definition) is 1. The maximum absolute atomic E-state index is 12.9. The third kappa shape index (κ3) is 2.74. The number of imidazole rings is 1. The first kappa shape index (κ1) is 16.4. The zero-order chi connectivity index (χ0) is 18.3. The number of fused-ring (bicyclic) bond motifs is 1. The maximum atomic E-state index is 12.9. The van der Waals surface area contributed by atoms with Gasteiger partial charge in [0.2, 0.25) is 0 Å². The van der Waals surface area contributed by atoms with Crippen LogP contribution in [0.3, 0.4) is 0 Å². The number of hydrogen-bond acceptors (Lipinski definition) is 4. The van der Waals surface area contributed by atoms with E-state index in [4.69, 9.17) is 0 Å². The van der Waals surface area contributed by atoms with Crippen molar-refractivity contribution in [2.24, 2.45) is 0 Å². The SMILES string of the molecule is Cc1c(C(=O)N(C)c2ccc(O)cc2)sc2nc(-c3ccccc3)cn12. The molecule has 1 amide bonds. The first-order chi connectivity index (χ1) is 12.5. The summed E-state index contributed by atoms with van der Waals surface area (Å²) in [6, 6.07) is 16.6. The Morgan fingerprint density at radius 1 is 1.12 bits per heavy atom. The molecule has 0 aliphatic rings. The Bertz CT molecular complexity index is 1080. The number of thiazole rings is 1. The predicted molar refractivity (Wildman–Crippen MR) is 104 cm³/mol. The lowest BCUT2D eigenvalue weighted by Crippen LogP contribution is -2.26. The van der Waals surface area contributed by atoms with Crippen molar-refractivity contribution in [3.05, 3.63) is 71.4 Å². The molecule has 2 heterocycles. The number of rotatable bonds is 3. The van der Waals surface area contributed by atoms with Crippen molar-refractivity contribution in [1.29, 1.82) is 0 Å². The van der Waals surface area contributed by atoms with Gasteiger partial charge in [-0.05, 0) is 31.2 Å². The van der Waals surface area contributed by atoms with E-state index in [0.29, 0.717) is 4.88 Å². The Morgan fingerprint density at radius 2 is 1.81 bits per heavy atom. The third-order valence-electron chi connectivity index (χ3n) is 4.36. The molecule has 0 spiro atoms. The quantitative estimate of drug-likeness (QED) is 0.589. The molecule has 0 bridgehead atoms. The average molecular weight is 363 g/mol. The number of aromatic nitrogens is 2. The van der Waals surface area contributed by atoms with E-state index in [0.717, 1.165) is 27.6 Å². The number of amides is 1. The number of nitrogens with zero attached hydrogens (tertiary/aromatic N) is 3. The van der Waals surface area contributed by atoms with E-state index in [9.17, 15) is 9.90 Å². The first-order valence-electron chi connectivity index (χ1n) is 8.15. The van der Waals surface area contributed by atoms with Gasteiger partial charge >= 0.3 is 0 Å². The van der Waals surface area contributed by atoms with E-state index in [1.165, 1.54) is 11.3 Å². The van der Waals surface area contributed by atoms with Crippen molar-refractivity contribution in [3.63, 3.8) is 0 Å². The minimum absolute atomic E-state index is 0.0926.